The van der Waals surface area contributed by atoms with E-state index in [1.54, 1.807) is 6.07 Å². The number of halogens is 4. The predicted molar refractivity (Wildman–Crippen MR) is 73.7 cm³/mol. The molecule has 0 bridgehead atoms. The molecule has 0 amide bonds. The molecule has 0 aliphatic heterocycles. The molecule has 0 N–H and O–H groups in total. The molecule has 0 aliphatic rings. The van der Waals surface area contributed by atoms with E-state index in [2.05, 4.69) is 15.9 Å². The number of hydrogen-bond acceptors (Lipinski definition) is 1. The molecule has 0 radical (unpaired) electrons. The number of carbonyl (C=O) groups excluding carboxylic acids is 1. The predicted octanol–water partition coefficient (Wildman–Crippen LogP) is 4.92. The maximum Gasteiger partial charge on any atom is 0.196 e. The third kappa shape index (κ3) is 2.85. The van der Waals surface area contributed by atoms with Gasteiger partial charge < -0.3 is 0 Å². The lowest BCUT2D eigenvalue weighted by Crippen LogP contribution is -2.06. The molecule has 0 aromatic heterocycles. The Bertz CT molecular complexity index is 671. The summed E-state index contributed by atoms with van der Waals surface area (Å²) >= 11 is 9.09. The number of carbonyl (C=O) groups is 1. The van der Waals surface area contributed by atoms with E-state index in [1.165, 1.54) is 25.1 Å². The van der Waals surface area contributed by atoms with Crippen LogP contribution in [0.3, 0.4) is 0 Å². The van der Waals surface area contributed by atoms with Gasteiger partial charge in [0.1, 0.15) is 11.6 Å². The van der Waals surface area contributed by atoms with Gasteiger partial charge in [-0.25, -0.2) is 8.78 Å². The Kier molecular flexibility index (Phi) is 4.02. The van der Waals surface area contributed by atoms with Crippen molar-refractivity contribution in [2.75, 3.05) is 0 Å². The van der Waals surface area contributed by atoms with Crippen molar-refractivity contribution < 1.29 is 13.6 Å². The van der Waals surface area contributed by atoms with Crippen LogP contribution in [0.4, 0.5) is 8.78 Å². The van der Waals surface area contributed by atoms with Gasteiger partial charge in [0.15, 0.2) is 5.78 Å². The van der Waals surface area contributed by atoms with Gasteiger partial charge in [-0.15, -0.1) is 0 Å². The van der Waals surface area contributed by atoms with Crippen LogP contribution in [-0.2, 0) is 0 Å². The average molecular weight is 346 g/mol. The first kappa shape index (κ1) is 14.2. The zero-order chi connectivity index (χ0) is 14.2. The monoisotopic (exact) mass is 344 g/mol. The van der Waals surface area contributed by atoms with Crippen molar-refractivity contribution in [3.05, 3.63) is 68.2 Å². The standard InChI is InChI=1S/C14H8BrClF2O/c1-7-4-9(13(18)6-12(7)17)14(19)8-2-3-10(15)11(16)5-8/h2-6H,1H3. The van der Waals surface area contributed by atoms with E-state index in [9.17, 15) is 13.6 Å². The van der Waals surface area contributed by atoms with E-state index < -0.39 is 17.4 Å². The van der Waals surface area contributed by atoms with Crippen LogP contribution in [0.1, 0.15) is 21.5 Å². The molecule has 0 saturated carbocycles. The number of ketones is 1. The second-order valence-corrected chi connectivity index (χ2v) is 5.30. The summed E-state index contributed by atoms with van der Waals surface area (Å²) in [6.07, 6.45) is 0. The van der Waals surface area contributed by atoms with Crippen LogP contribution in [0, 0.1) is 18.6 Å². The van der Waals surface area contributed by atoms with Crippen LogP contribution in [-0.4, -0.2) is 5.78 Å². The average Bonchev–Trinajstić information content (AvgIpc) is 2.36. The summed E-state index contributed by atoms with van der Waals surface area (Å²) < 4.78 is 27.4. The molecule has 1 nitrogen and oxygen atoms in total. The molecule has 2 aromatic rings. The summed E-state index contributed by atoms with van der Waals surface area (Å²) in [5.74, 6) is -2.09. The van der Waals surface area contributed by atoms with Gasteiger partial charge in [-0.05, 0) is 52.7 Å². The Morgan fingerprint density at radius 2 is 1.84 bits per heavy atom. The lowest BCUT2D eigenvalue weighted by molar-refractivity contribution is 0.103. The quantitative estimate of drug-likeness (QED) is 0.706. The van der Waals surface area contributed by atoms with Crippen molar-refractivity contribution in [3.8, 4) is 0 Å². The second-order valence-electron chi connectivity index (χ2n) is 4.04. The lowest BCUT2D eigenvalue weighted by Gasteiger charge is -2.06. The van der Waals surface area contributed by atoms with Gasteiger partial charge >= 0.3 is 0 Å². The van der Waals surface area contributed by atoms with Gasteiger partial charge in [-0.3, -0.25) is 4.79 Å². The van der Waals surface area contributed by atoms with Crippen molar-refractivity contribution in [2.24, 2.45) is 0 Å². The number of rotatable bonds is 2. The molecule has 98 valence electrons. The molecule has 0 fully saturated rings. The van der Waals surface area contributed by atoms with E-state index >= 15 is 0 Å². The smallest absolute Gasteiger partial charge is 0.196 e. The van der Waals surface area contributed by atoms with Crippen LogP contribution in [0.5, 0.6) is 0 Å². The van der Waals surface area contributed by atoms with Crippen molar-refractivity contribution in [1.29, 1.82) is 0 Å². The van der Waals surface area contributed by atoms with Crippen LogP contribution in [0.15, 0.2) is 34.8 Å². The van der Waals surface area contributed by atoms with E-state index in [0.717, 1.165) is 0 Å². The molecular formula is C14H8BrClF2O. The maximum absolute atomic E-state index is 13.6. The molecule has 2 rings (SSSR count). The first-order valence-corrected chi connectivity index (χ1v) is 6.52. The zero-order valence-corrected chi connectivity index (χ0v) is 12.1. The number of benzene rings is 2. The Hall–Kier alpha value is -1.26. The highest BCUT2D eigenvalue weighted by Crippen LogP contribution is 2.25. The Balaban J connectivity index is 2.49. The van der Waals surface area contributed by atoms with E-state index in [0.29, 0.717) is 15.6 Å². The van der Waals surface area contributed by atoms with Gasteiger partial charge in [0.25, 0.3) is 0 Å². The highest BCUT2D eigenvalue weighted by molar-refractivity contribution is 9.10. The molecular weight excluding hydrogens is 338 g/mol. The third-order valence-corrected chi connectivity index (χ3v) is 3.91. The maximum atomic E-state index is 13.6. The molecule has 0 spiro atoms. The largest absolute Gasteiger partial charge is 0.288 e. The van der Waals surface area contributed by atoms with E-state index in [-0.39, 0.29) is 16.7 Å². The minimum absolute atomic E-state index is 0.169. The van der Waals surface area contributed by atoms with Crippen LogP contribution in [0.2, 0.25) is 5.02 Å². The fourth-order valence-electron chi connectivity index (χ4n) is 1.62. The van der Waals surface area contributed by atoms with Crippen molar-refractivity contribution >= 4 is 33.3 Å². The van der Waals surface area contributed by atoms with Crippen molar-refractivity contribution in [2.45, 2.75) is 6.92 Å². The van der Waals surface area contributed by atoms with E-state index in [1.807, 2.05) is 0 Å². The Labute approximate surface area is 122 Å². The molecule has 0 heterocycles. The van der Waals surface area contributed by atoms with Gasteiger partial charge in [-0.2, -0.15) is 0 Å². The second kappa shape index (κ2) is 5.39. The molecule has 0 atom stereocenters. The summed E-state index contributed by atoms with van der Waals surface area (Å²) in [4.78, 5) is 12.2. The third-order valence-electron chi connectivity index (χ3n) is 2.67. The Morgan fingerprint density at radius 1 is 1.16 bits per heavy atom. The molecule has 2 aromatic carbocycles. The van der Waals surface area contributed by atoms with Gasteiger partial charge in [0.2, 0.25) is 0 Å². The van der Waals surface area contributed by atoms with Crippen LogP contribution < -0.4 is 0 Å². The summed E-state index contributed by atoms with van der Waals surface area (Å²) in [6.45, 7) is 1.47. The normalized spacial score (nSPS) is 10.6. The molecule has 5 heteroatoms. The summed E-state index contributed by atoms with van der Waals surface area (Å²) in [7, 11) is 0. The molecule has 0 saturated heterocycles. The summed E-state index contributed by atoms with van der Waals surface area (Å²) in [5.41, 5.74) is 0.295. The number of hydrogen-bond donors (Lipinski definition) is 0. The minimum Gasteiger partial charge on any atom is -0.288 e. The van der Waals surface area contributed by atoms with Gasteiger partial charge in [0, 0.05) is 16.1 Å². The first-order chi connectivity index (χ1) is 8.90. The topological polar surface area (TPSA) is 17.1 Å². The van der Waals surface area contributed by atoms with Crippen molar-refractivity contribution in [3.63, 3.8) is 0 Å². The Morgan fingerprint density at radius 3 is 2.47 bits per heavy atom. The summed E-state index contributed by atoms with van der Waals surface area (Å²) in [5, 5.41) is 0.352. The fraction of sp³-hybridized carbons (Fsp3) is 0.0714. The summed E-state index contributed by atoms with van der Waals surface area (Å²) in [6, 6.07) is 6.47. The lowest BCUT2D eigenvalue weighted by atomic mass is 10.0. The van der Waals surface area contributed by atoms with Crippen LogP contribution in [0.25, 0.3) is 0 Å². The number of aryl methyl sites for hydroxylation is 1. The van der Waals surface area contributed by atoms with Gasteiger partial charge in [-0.1, -0.05) is 11.6 Å². The first-order valence-electron chi connectivity index (χ1n) is 5.35. The fourth-order valence-corrected chi connectivity index (χ4v) is 2.05. The molecule has 19 heavy (non-hydrogen) atoms. The molecule has 0 unspecified atom stereocenters. The van der Waals surface area contributed by atoms with Crippen molar-refractivity contribution in [1.82, 2.24) is 0 Å². The van der Waals surface area contributed by atoms with E-state index in [4.69, 9.17) is 11.6 Å². The van der Waals surface area contributed by atoms with Gasteiger partial charge in [0.05, 0.1) is 10.6 Å². The zero-order valence-electron chi connectivity index (χ0n) is 9.81. The minimum atomic E-state index is -0.882. The highest BCUT2D eigenvalue weighted by atomic mass is 79.9. The highest BCUT2D eigenvalue weighted by Gasteiger charge is 2.17. The molecule has 0 aliphatic carbocycles. The van der Waals surface area contributed by atoms with Crippen LogP contribution >= 0.6 is 27.5 Å². The SMILES string of the molecule is Cc1cc(C(=O)c2ccc(Br)c(Cl)c2)c(F)cc1F.